The van der Waals surface area contributed by atoms with E-state index in [9.17, 15) is 0 Å². The Morgan fingerprint density at radius 3 is 2.15 bits per heavy atom. The van der Waals surface area contributed by atoms with E-state index >= 15 is 0 Å². The molecule has 1 heteroatoms. The Balaban J connectivity index is 1.39. The Morgan fingerprint density at radius 1 is 0.750 bits per heavy atom. The number of fused-ring (bicyclic) bond motifs is 2. The molecule has 0 heterocycles. The van der Waals surface area contributed by atoms with Crippen LogP contribution in [0.4, 0.5) is 11.4 Å². The van der Waals surface area contributed by atoms with Crippen LogP contribution in [0, 0.1) is 6.92 Å². The summed E-state index contributed by atoms with van der Waals surface area (Å²) < 4.78 is 0. The molecule has 0 amide bonds. The van der Waals surface area contributed by atoms with Crippen molar-refractivity contribution < 1.29 is 0 Å². The highest BCUT2D eigenvalue weighted by Gasteiger charge is 2.22. The Labute approximate surface area is 310 Å². The van der Waals surface area contributed by atoms with Gasteiger partial charge in [0.1, 0.15) is 0 Å². The van der Waals surface area contributed by atoms with Crippen molar-refractivity contribution in [1.82, 2.24) is 0 Å². The highest BCUT2D eigenvalue weighted by atomic mass is 15.2. The zero-order valence-electron chi connectivity index (χ0n) is 30.6. The third-order valence-corrected chi connectivity index (χ3v) is 10.2. The summed E-state index contributed by atoms with van der Waals surface area (Å²) in [6, 6.07) is 39.4. The molecule has 7 rings (SSSR count). The fourth-order valence-electron chi connectivity index (χ4n) is 7.74. The van der Waals surface area contributed by atoms with Gasteiger partial charge in [-0.2, -0.15) is 0 Å². The zero-order valence-corrected chi connectivity index (χ0v) is 30.6. The number of rotatable bonds is 9. The number of nitrogens with zero attached hydrogens (tertiary/aromatic N) is 1. The summed E-state index contributed by atoms with van der Waals surface area (Å²) in [5, 5.41) is 2.74. The van der Waals surface area contributed by atoms with E-state index < -0.39 is 0 Å². The van der Waals surface area contributed by atoms with Gasteiger partial charge in [-0.3, -0.25) is 0 Å². The molecule has 0 radical (unpaired) electrons. The number of anilines is 2. The lowest BCUT2D eigenvalue weighted by atomic mass is 9.84. The maximum atomic E-state index is 3.89. The molecule has 0 aromatic heterocycles. The van der Waals surface area contributed by atoms with Crippen LogP contribution in [-0.2, 0) is 6.42 Å². The normalized spacial score (nSPS) is 14.3. The first-order valence-corrected chi connectivity index (χ1v) is 18.6. The van der Waals surface area contributed by atoms with E-state index in [0.29, 0.717) is 0 Å². The second-order valence-corrected chi connectivity index (χ2v) is 13.6. The summed E-state index contributed by atoms with van der Waals surface area (Å²) >= 11 is 0. The molecule has 1 nitrogen and oxygen atoms in total. The molecule has 0 saturated heterocycles. The van der Waals surface area contributed by atoms with E-state index in [0.717, 1.165) is 30.6 Å². The van der Waals surface area contributed by atoms with E-state index in [2.05, 4.69) is 190 Å². The number of allylic oxidation sites excluding steroid dienone is 9. The number of aryl methyl sites for hydroxylation is 1. The molecule has 0 aliphatic heterocycles. The Bertz CT molecular complexity index is 2360. The van der Waals surface area contributed by atoms with E-state index in [4.69, 9.17) is 0 Å². The second kappa shape index (κ2) is 16.0. The SMILES string of the molecule is C=C/C=C\C=C(/C)c1c2c(c(-c3ccccc3)c3c1=CCCCC=3)C=C(c1ccc(/C(=C/C)N(c3ccccc3)c3ccccc3C)cc1)C=CC2. The molecule has 0 unspecified atom stereocenters. The average Bonchev–Trinajstić information content (AvgIpc) is 3.56. The van der Waals surface area contributed by atoms with Crippen LogP contribution in [0.3, 0.4) is 0 Å². The monoisotopic (exact) mass is 673 g/mol. The van der Waals surface area contributed by atoms with Gasteiger partial charge in [0.25, 0.3) is 0 Å². The highest BCUT2D eigenvalue weighted by Crippen LogP contribution is 2.38. The lowest BCUT2D eigenvalue weighted by molar-refractivity contribution is 0.924. The molecule has 52 heavy (non-hydrogen) atoms. The van der Waals surface area contributed by atoms with Crippen molar-refractivity contribution in [3.63, 3.8) is 0 Å². The van der Waals surface area contributed by atoms with Gasteiger partial charge in [0, 0.05) is 17.1 Å². The minimum Gasteiger partial charge on any atom is -0.310 e. The summed E-state index contributed by atoms with van der Waals surface area (Å²) in [5.41, 5.74) is 16.3. The van der Waals surface area contributed by atoms with Crippen molar-refractivity contribution >= 4 is 46.4 Å². The smallest absolute Gasteiger partial charge is 0.0491 e. The number of benzene rings is 5. The van der Waals surface area contributed by atoms with Crippen LogP contribution in [0.15, 0.2) is 158 Å². The van der Waals surface area contributed by atoms with E-state index in [1.807, 2.05) is 12.2 Å². The molecular weight excluding hydrogens is 627 g/mol. The number of para-hydroxylation sites is 2. The van der Waals surface area contributed by atoms with Gasteiger partial charge in [0.2, 0.25) is 0 Å². The van der Waals surface area contributed by atoms with Gasteiger partial charge < -0.3 is 4.90 Å². The van der Waals surface area contributed by atoms with Crippen molar-refractivity contribution in [2.45, 2.75) is 46.5 Å². The van der Waals surface area contributed by atoms with Crippen LogP contribution in [-0.4, -0.2) is 0 Å². The third kappa shape index (κ3) is 7.00. The van der Waals surface area contributed by atoms with Crippen LogP contribution in [0.1, 0.15) is 66.5 Å². The Kier molecular flexibility index (Phi) is 10.6. The minimum atomic E-state index is 0.866. The number of hydrogen-bond donors (Lipinski definition) is 0. The van der Waals surface area contributed by atoms with Gasteiger partial charge in [-0.15, -0.1) is 0 Å². The van der Waals surface area contributed by atoms with Gasteiger partial charge in [-0.25, -0.2) is 0 Å². The topological polar surface area (TPSA) is 3.24 Å². The van der Waals surface area contributed by atoms with Gasteiger partial charge in [0.15, 0.2) is 0 Å². The van der Waals surface area contributed by atoms with Crippen LogP contribution in [0.2, 0.25) is 0 Å². The van der Waals surface area contributed by atoms with Crippen molar-refractivity contribution in [3.05, 3.63) is 202 Å². The van der Waals surface area contributed by atoms with Crippen molar-refractivity contribution in [2.75, 3.05) is 4.90 Å². The third-order valence-electron chi connectivity index (χ3n) is 10.2. The molecule has 0 spiro atoms. The molecule has 0 atom stereocenters. The molecule has 0 bridgehead atoms. The van der Waals surface area contributed by atoms with Gasteiger partial charge >= 0.3 is 0 Å². The first-order chi connectivity index (χ1) is 25.6. The maximum absolute atomic E-state index is 3.89. The Hall–Kier alpha value is -5.92. The lowest BCUT2D eigenvalue weighted by Crippen LogP contribution is -2.32. The van der Waals surface area contributed by atoms with E-state index in [-0.39, 0.29) is 0 Å². The van der Waals surface area contributed by atoms with Crippen LogP contribution >= 0.6 is 0 Å². The quantitative estimate of drug-likeness (QED) is 0.141. The molecule has 5 aromatic rings. The fourth-order valence-corrected chi connectivity index (χ4v) is 7.74. The summed E-state index contributed by atoms with van der Waals surface area (Å²) in [4.78, 5) is 2.37. The molecule has 0 fully saturated rings. The Morgan fingerprint density at radius 2 is 1.44 bits per heavy atom. The summed E-state index contributed by atoms with van der Waals surface area (Å²) in [5.74, 6) is 0. The predicted molar refractivity (Wildman–Crippen MR) is 227 cm³/mol. The van der Waals surface area contributed by atoms with Crippen molar-refractivity contribution in [3.8, 4) is 11.1 Å². The molecule has 2 aliphatic carbocycles. The summed E-state index contributed by atoms with van der Waals surface area (Å²) in [6.45, 7) is 10.5. The average molecular weight is 674 g/mol. The van der Waals surface area contributed by atoms with Crippen molar-refractivity contribution in [2.24, 2.45) is 0 Å². The zero-order chi connectivity index (χ0) is 35.9. The first-order valence-electron chi connectivity index (χ1n) is 18.6. The summed E-state index contributed by atoms with van der Waals surface area (Å²) in [7, 11) is 0. The molecule has 2 aliphatic rings. The highest BCUT2D eigenvalue weighted by molar-refractivity contribution is 5.96. The molecule has 5 aromatic carbocycles. The molecule has 256 valence electrons. The summed E-state index contributed by atoms with van der Waals surface area (Å²) in [6.07, 6.45) is 26.7. The fraction of sp³-hybridized carbons (Fsp3) is 0.137. The van der Waals surface area contributed by atoms with Crippen LogP contribution in [0.5, 0.6) is 0 Å². The van der Waals surface area contributed by atoms with Gasteiger partial charge in [-0.05, 0) is 137 Å². The first kappa shape index (κ1) is 34.5. The van der Waals surface area contributed by atoms with E-state index in [1.54, 1.807) is 0 Å². The molecule has 0 N–H and O–H groups in total. The maximum Gasteiger partial charge on any atom is 0.0491 e. The predicted octanol–water partition coefficient (Wildman–Crippen LogP) is 12.4. The number of hydrogen-bond acceptors (Lipinski definition) is 1. The minimum absolute atomic E-state index is 0.866. The molecular formula is C51H47N. The lowest BCUT2D eigenvalue weighted by Gasteiger charge is -2.29. The second-order valence-electron chi connectivity index (χ2n) is 13.6. The van der Waals surface area contributed by atoms with Crippen LogP contribution in [0.25, 0.3) is 46.2 Å². The van der Waals surface area contributed by atoms with Gasteiger partial charge in [0.05, 0.1) is 0 Å². The largest absolute Gasteiger partial charge is 0.310 e. The van der Waals surface area contributed by atoms with Gasteiger partial charge in [-0.1, -0.05) is 152 Å². The molecule has 0 saturated carbocycles. The standard InChI is InChI=1S/C51H47N/c1-5-7-11-22-38(4)50-44-28-16-10-17-29-45(44)51(41-23-12-8-13-24-41)47-36-42(25-20-30-46(47)50)39-32-34-40(35-33-39)48(6-2)52(43-26-14-9-15-27-43)49-31-19-18-21-37(49)3/h5-9,11-15,18-29,31-36H,1,10,16-17,30H2,2-4H3/b11-7-,38-22+,48-6-. The van der Waals surface area contributed by atoms with E-state index in [1.165, 1.54) is 78.2 Å². The van der Waals surface area contributed by atoms with Crippen LogP contribution < -0.4 is 15.3 Å². The van der Waals surface area contributed by atoms with Crippen molar-refractivity contribution in [1.29, 1.82) is 0 Å².